The van der Waals surface area contributed by atoms with Crippen molar-refractivity contribution >= 4 is 27.3 Å². The number of hydrogen-bond donors (Lipinski definition) is 0. The molecule has 0 atom stereocenters. The van der Waals surface area contributed by atoms with Gasteiger partial charge in [0.05, 0.1) is 24.2 Å². The smallest absolute Gasteiger partial charge is 0.243 e. The van der Waals surface area contributed by atoms with Gasteiger partial charge in [0, 0.05) is 26.2 Å². The molecule has 0 aromatic heterocycles. The van der Waals surface area contributed by atoms with Gasteiger partial charge in [0.2, 0.25) is 15.9 Å². The van der Waals surface area contributed by atoms with E-state index in [0.29, 0.717) is 49.9 Å². The number of piperazine rings is 1. The summed E-state index contributed by atoms with van der Waals surface area (Å²) < 4.78 is 45.1. The minimum atomic E-state index is -3.65. The van der Waals surface area contributed by atoms with Gasteiger partial charge in [-0.05, 0) is 43.3 Å². The zero-order valence-electron chi connectivity index (χ0n) is 17.1. The van der Waals surface area contributed by atoms with Crippen LogP contribution in [0.4, 0.5) is 15.8 Å². The van der Waals surface area contributed by atoms with Crippen LogP contribution in [0.2, 0.25) is 0 Å². The van der Waals surface area contributed by atoms with E-state index in [-0.39, 0.29) is 18.3 Å². The summed E-state index contributed by atoms with van der Waals surface area (Å²) in [5.74, 6) is 0.0452. The van der Waals surface area contributed by atoms with Crippen molar-refractivity contribution in [2.45, 2.75) is 6.92 Å². The molecule has 1 heterocycles. The number of carbonyl (C=O) groups is 1. The Kier molecular flexibility index (Phi) is 6.81. The Hall–Kier alpha value is -2.81. The van der Waals surface area contributed by atoms with Gasteiger partial charge in [-0.1, -0.05) is 12.1 Å². The van der Waals surface area contributed by atoms with E-state index < -0.39 is 10.0 Å². The van der Waals surface area contributed by atoms with Gasteiger partial charge in [-0.15, -0.1) is 0 Å². The standard InChI is InChI=1S/C21H26FN3O4S/c1-3-29-18-10-8-17(9-11-18)25(30(2,27)28)16-21(26)24-14-12-23(13-15-24)20-7-5-4-6-19(20)22/h4-11H,3,12-16H2,1-2H3. The third kappa shape index (κ3) is 5.21. The van der Waals surface area contributed by atoms with Crippen molar-refractivity contribution < 1.29 is 22.3 Å². The Balaban J connectivity index is 1.66. The highest BCUT2D eigenvalue weighted by Gasteiger charge is 2.27. The molecular formula is C21H26FN3O4S. The van der Waals surface area contributed by atoms with Crippen molar-refractivity contribution in [3.05, 3.63) is 54.3 Å². The van der Waals surface area contributed by atoms with Gasteiger partial charge in [0.25, 0.3) is 0 Å². The van der Waals surface area contributed by atoms with E-state index in [1.54, 1.807) is 47.4 Å². The third-order valence-corrected chi connectivity index (χ3v) is 6.08. The Morgan fingerprint density at radius 1 is 1.07 bits per heavy atom. The average Bonchev–Trinajstić information content (AvgIpc) is 2.72. The van der Waals surface area contributed by atoms with E-state index in [4.69, 9.17) is 4.74 Å². The molecule has 0 N–H and O–H groups in total. The quantitative estimate of drug-likeness (QED) is 0.668. The third-order valence-electron chi connectivity index (χ3n) is 4.94. The van der Waals surface area contributed by atoms with Gasteiger partial charge in [-0.25, -0.2) is 12.8 Å². The molecule has 0 bridgehead atoms. The first kappa shape index (κ1) is 21.9. The Morgan fingerprint density at radius 2 is 1.70 bits per heavy atom. The zero-order valence-corrected chi connectivity index (χ0v) is 17.9. The van der Waals surface area contributed by atoms with Crippen LogP contribution >= 0.6 is 0 Å². The summed E-state index contributed by atoms with van der Waals surface area (Å²) in [5.41, 5.74) is 0.913. The summed E-state index contributed by atoms with van der Waals surface area (Å²) in [6, 6.07) is 13.1. The van der Waals surface area contributed by atoms with Gasteiger partial charge in [0.1, 0.15) is 18.1 Å². The van der Waals surface area contributed by atoms with E-state index in [0.717, 1.165) is 10.6 Å². The first-order chi connectivity index (χ1) is 14.3. The fourth-order valence-corrected chi connectivity index (χ4v) is 4.25. The molecule has 2 aromatic carbocycles. The lowest BCUT2D eigenvalue weighted by atomic mass is 10.2. The molecule has 0 spiro atoms. The number of para-hydroxylation sites is 1. The summed E-state index contributed by atoms with van der Waals surface area (Å²) >= 11 is 0. The lowest BCUT2D eigenvalue weighted by molar-refractivity contribution is -0.129. The number of halogens is 1. The van der Waals surface area contributed by atoms with E-state index in [1.165, 1.54) is 6.07 Å². The number of carbonyl (C=O) groups excluding carboxylic acids is 1. The van der Waals surface area contributed by atoms with E-state index in [1.807, 2.05) is 11.8 Å². The molecule has 162 valence electrons. The molecule has 1 fully saturated rings. The predicted octanol–water partition coefficient (Wildman–Crippen LogP) is 2.34. The van der Waals surface area contributed by atoms with Crippen LogP contribution in [-0.2, 0) is 14.8 Å². The highest BCUT2D eigenvalue weighted by atomic mass is 32.2. The second kappa shape index (κ2) is 9.34. The zero-order chi connectivity index (χ0) is 21.7. The van der Waals surface area contributed by atoms with Gasteiger partial charge in [0.15, 0.2) is 0 Å². The second-order valence-corrected chi connectivity index (χ2v) is 8.92. The fourth-order valence-electron chi connectivity index (χ4n) is 3.40. The molecule has 7 nitrogen and oxygen atoms in total. The first-order valence-corrected chi connectivity index (χ1v) is 11.6. The number of rotatable bonds is 7. The predicted molar refractivity (Wildman–Crippen MR) is 115 cm³/mol. The second-order valence-electron chi connectivity index (χ2n) is 7.02. The highest BCUT2D eigenvalue weighted by molar-refractivity contribution is 7.92. The average molecular weight is 436 g/mol. The highest BCUT2D eigenvalue weighted by Crippen LogP contribution is 2.23. The van der Waals surface area contributed by atoms with Crippen molar-refractivity contribution in [1.29, 1.82) is 0 Å². The van der Waals surface area contributed by atoms with Crippen molar-refractivity contribution in [2.75, 3.05) is 54.8 Å². The minimum absolute atomic E-state index is 0.285. The topological polar surface area (TPSA) is 70.2 Å². The van der Waals surface area contributed by atoms with E-state index in [9.17, 15) is 17.6 Å². The maximum atomic E-state index is 14.0. The van der Waals surface area contributed by atoms with E-state index in [2.05, 4.69) is 0 Å². The molecule has 30 heavy (non-hydrogen) atoms. The summed E-state index contributed by atoms with van der Waals surface area (Å²) in [6.07, 6.45) is 1.08. The molecule has 1 aliphatic heterocycles. The largest absolute Gasteiger partial charge is 0.494 e. The van der Waals surface area contributed by atoms with Crippen LogP contribution in [0.1, 0.15) is 6.92 Å². The maximum absolute atomic E-state index is 14.0. The monoisotopic (exact) mass is 435 g/mol. The number of amides is 1. The molecule has 3 rings (SSSR count). The molecule has 2 aromatic rings. The molecule has 0 radical (unpaired) electrons. The number of sulfonamides is 1. The van der Waals surface area contributed by atoms with Gasteiger partial charge in [-0.2, -0.15) is 0 Å². The molecule has 9 heteroatoms. The molecule has 1 amide bonds. The number of ether oxygens (including phenoxy) is 1. The van der Waals surface area contributed by atoms with Gasteiger partial charge < -0.3 is 14.5 Å². The molecule has 0 saturated carbocycles. The normalized spacial score (nSPS) is 14.5. The molecule has 0 unspecified atom stereocenters. The maximum Gasteiger partial charge on any atom is 0.243 e. The molecule has 1 saturated heterocycles. The van der Waals surface area contributed by atoms with Gasteiger partial charge in [-0.3, -0.25) is 9.10 Å². The summed E-state index contributed by atoms with van der Waals surface area (Å²) in [6.45, 7) is 3.84. The minimum Gasteiger partial charge on any atom is -0.494 e. The van der Waals surface area contributed by atoms with Crippen LogP contribution in [0.3, 0.4) is 0 Å². The van der Waals surface area contributed by atoms with Crippen LogP contribution in [0.15, 0.2) is 48.5 Å². The van der Waals surface area contributed by atoms with Gasteiger partial charge >= 0.3 is 0 Å². The van der Waals surface area contributed by atoms with Crippen LogP contribution in [0.25, 0.3) is 0 Å². The van der Waals surface area contributed by atoms with Crippen molar-refractivity contribution in [3.8, 4) is 5.75 Å². The number of benzene rings is 2. The van der Waals surface area contributed by atoms with Crippen LogP contribution in [0.5, 0.6) is 5.75 Å². The number of nitrogens with zero attached hydrogens (tertiary/aromatic N) is 3. The number of hydrogen-bond acceptors (Lipinski definition) is 5. The fraction of sp³-hybridized carbons (Fsp3) is 0.381. The first-order valence-electron chi connectivity index (χ1n) is 9.77. The summed E-state index contributed by atoms with van der Waals surface area (Å²) in [7, 11) is -3.65. The molecular weight excluding hydrogens is 409 g/mol. The van der Waals surface area contributed by atoms with Crippen molar-refractivity contribution in [2.24, 2.45) is 0 Å². The summed E-state index contributed by atoms with van der Waals surface area (Å²) in [4.78, 5) is 16.3. The number of anilines is 2. The molecule has 1 aliphatic rings. The SMILES string of the molecule is CCOc1ccc(N(CC(=O)N2CCN(c3ccccc3F)CC2)S(C)(=O)=O)cc1. The van der Waals surface area contributed by atoms with Crippen molar-refractivity contribution in [1.82, 2.24) is 4.90 Å². The van der Waals surface area contributed by atoms with Crippen molar-refractivity contribution in [3.63, 3.8) is 0 Å². The lowest BCUT2D eigenvalue weighted by Gasteiger charge is -2.37. The summed E-state index contributed by atoms with van der Waals surface area (Å²) in [5, 5.41) is 0. The lowest BCUT2D eigenvalue weighted by Crippen LogP contribution is -2.52. The van der Waals surface area contributed by atoms with E-state index >= 15 is 0 Å². The Bertz CT molecular complexity index is 974. The van der Waals surface area contributed by atoms with Crippen LogP contribution in [0, 0.1) is 5.82 Å². The Morgan fingerprint density at radius 3 is 2.27 bits per heavy atom. The Labute approximate surface area is 176 Å². The van der Waals surface area contributed by atoms with Crippen LogP contribution < -0.4 is 13.9 Å². The van der Waals surface area contributed by atoms with Crippen LogP contribution in [-0.4, -0.2) is 64.8 Å². The molecule has 0 aliphatic carbocycles.